The molecule has 6 rings (SSSR count). The molecule has 1 aromatic heterocycles. The zero-order chi connectivity index (χ0) is 25.4. The highest BCUT2D eigenvalue weighted by Gasteiger charge is 2.19. The van der Waals surface area contributed by atoms with Crippen molar-refractivity contribution >= 4 is 22.4 Å². The summed E-state index contributed by atoms with van der Waals surface area (Å²) < 4.78 is 2.31. The van der Waals surface area contributed by atoms with E-state index in [2.05, 4.69) is 94.4 Å². The van der Waals surface area contributed by atoms with Crippen LogP contribution in [-0.4, -0.2) is 45.6 Å². The lowest BCUT2D eigenvalue weighted by atomic mass is 10.1. The van der Waals surface area contributed by atoms with Crippen LogP contribution >= 0.6 is 0 Å². The third-order valence-corrected chi connectivity index (χ3v) is 7.19. The minimum atomic E-state index is 0.298. The topological polar surface area (TPSA) is 58.3 Å². The molecular weight excluding hydrogens is 456 g/mol. The van der Waals surface area contributed by atoms with Gasteiger partial charge in [-0.05, 0) is 95.4 Å². The van der Waals surface area contributed by atoms with Gasteiger partial charge in [0.1, 0.15) is 0 Å². The number of para-hydroxylation sites is 2. The monoisotopic (exact) mass is 488 g/mol. The van der Waals surface area contributed by atoms with E-state index in [-0.39, 0.29) is 0 Å². The van der Waals surface area contributed by atoms with Gasteiger partial charge in [-0.15, -0.1) is 0 Å². The first-order valence-electron chi connectivity index (χ1n) is 13.0. The van der Waals surface area contributed by atoms with Gasteiger partial charge in [-0.1, -0.05) is 29.8 Å². The van der Waals surface area contributed by atoms with E-state index >= 15 is 0 Å². The van der Waals surface area contributed by atoms with Gasteiger partial charge in [0.25, 0.3) is 0 Å². The van der Waals surface area contributed by atoms with Gasteiger partial charge in [-0.3, -0.25) is 9.98 Å². The van der Waals surface area contributed by atoms with Crippen LogP contribution in [0.3, 0.4) is 0 Å². The lowest BCUT2D eigenvalue weighted by Crippen LogP contribution is -2.33. The minimum absolute atomic E-state index is 0.298. The lowest BCUT2D eigenvalue weighted by Gasteiger charge is -2.26. The summed E-state index contributed by atoms with van der Waals surface area (Å²) in [6.45, 7) is 6.26. The summed E-state index contributed by atoms with van der Waals surface area (Å²) in [5, 5.41) is 4.55. The Morgan fingerprint density at radius 1 is 0.919 bits per heavy atom. The van der Waals surface area contributed by atoms with Crippen molar-refractivity contribution in [2.24, 2.45) is 4.99 Å². The number of nitrogens with one attached hydrogen (secondary N) is 1. The number of hydrogen-bond donors (Lipinski definition) is 1. The Balaban J connectivity index is 1.59. The molecule has 1 N–H and O–H groups in total. The second-order valence-corrected chi connectivity index (χ2v) is 10.1. The largest absolute Gasteiger partial charge is 0.352 e. The van der Waals surface area contributed by atoms with Crippen LogP contribution < -0.4 is 10.7 Å². The summed E-state index contributed by atoms with van der Waals surface area (Å²) in [5.74, 6) is 0. The second kappa shape index (κ2) is 9.79. The number of aromatic nitrogens is 3. The Kier molecular flexibility index (Phi) is 6.18. The van der Waals surface area contributed by atoms with Crippen LogP contribution in [0, 0.1) is 13.8 Å². The Bertz CT molecular complexity index is 1580. The predicted octanol–water partition coefficient (Wildman–Crippen LogP) is 5.88. The average molecular weight is 489 g/mol. The molecule has 186 valence electrons. The van der Waals surface area contributed by atoms with Crippen LogP contribution in [0.1, 0.15) is 24.1 Å². The van der Waals surface area contributed by atoms with Crippen LogP contribution in [0.15, 0.2) is 84.0 Å². The standard InChI is InChI=1S/C31H32N6/c1-21-8-12-25(13-9-21)37-30-7-5-4-6-26(30)35-29-18-27(34-24-11-10-22(2)32-20-24)28(19-31(29)37)33-23-14-16-36(3)17-15-23/h4-13,18-20,23,34H,14-17H2,1-3H3/b33-28+. The molecule has 0 saturated carbocycles. The Morgan fingerprint density at radius 2 is 1.70 bits per heavy atom. The lowest BCUT2D eigenvalue weighted by molar-refractivity contribution is 0.255. The molecule has 6 heteroatoms. The maximum Gasteiger partial charge on any atom is 0.0900 e. The fraction of sp³-hybridized carbons (Fsp3) is 0.258. The Morgan fingerprint density at radius 3 is 2.46 bits per heavy atom. The fourth-order valence-electron chi connectivity index (χ4n) is 5.04. The van der Waals surface area contributed by atoms with Crippen molar-refractivity contribution in [3.05, 3.63) is 95.6 Å². The summed E-state index contributed by atoms with van der Waals surface area (Å²) in [6, 6.07) is 25.7. The molecular formula is C31H32N6. The molecule has 3 aromatic rings. The van der Waals surface area contributed by atoms with Crippen LogP contribution in [0.5, 0.6) is 0 Å². The molecule has 1 saturated heterocycles. The van der Waals surface area contributed by atoms with Gasteiger partial charge in [0, 0.05) is 11.4 Å². The molecule has 0 bridgehead atoms. The average Bonchev–Trinajstić information content (AvgIpc) is 2.91. The van der Waals surface area contributed by atoms with Crippen LogP contribution in [0.25, 0.3) is 28.1 Å². The highest BCUT2D eigenvalue weighted by Crippen LogP contribution is 2.30. The second-order valence-electron chi connectivity index (χ2n) is 10.1. The maximum atomic E-state index is 5.29. The van der Waals surface area contributed by atoms with Crippen molar-refractivity contribution in [1.82, 2.24) is 19.4 Å². The Labute approximate surface area is 217 Å². The number of hydrogen-bond acceptors (Lipinski definition) is 5. The van der Waals surface area contributed by atoms with Gasteiger partial charge >= 0.3 is 0 Å². The van der Waals surface area contributed by atoms with E-state index in [0.717, 1.165) is 76.5 Å². The molecule has 6 nitrogen and oxygen atoms in total. The smallest absolute Gasteiger partial charge is 0.0900 e. The quantitative estimate of drug-likeness (QED) is 0.321. The summed E-state index contributed by atoms with van der Waals surface area (Å²) in [6.07, 6.45) is 4.00. The molecule has 0 unspecified atom stereocenters. The van der Waals surface area contributed by atoms with Gasteiger partial charge in [0.15, 0.2) is 0 Å². The maximum absolute atomic E-state index is 5.29. The summed E-state index contributed by atoms with van der Waals surface area (Å²) in [7, 11) is 2.19. The number of benzene rings is 3. The van der Waals surface area contributed by atoms with Gasteiger partial charge in [0.05, 0.1) is 51.4 Å². The van der Waals surface area contributed by atoms with Crippen molar-refractivity contribution in [3.63, 3.8) is 0 Å². The van der Waals surface area contributed by atoms with E-state index in [0.29, 0.717) is 6.04 Å². The number of likely N-dealkylation sites (tertiary alicyclic amines) is 1. The third kappa shape index (κ3) is 4.85. The molecule has 0 spiro atoms. The van der Waals surface area contributed by atoms with E-state index in [1.165, 1.54) is 5.56 Å². The summed E-state index contributed by atoms with van der Waals surface area (Å²) in [4.78, 5) is 17.2. The highest BCUT2D eigenvalue weighted by atomic mass is 15.1. The van der Waals surface area contributed by atoms with Crippen LogP contribution in [0.4, 0.5) is 11.4 Å². The van der Waals surface area contributed by atoms with Crippen molar-refractivity contribution in [1.29, 1.82) is 0 Å². The van der Waals surface area contributed by atoms with Crippen molar-refractivity contribution in [3.8, 4) is 17.1 Å². The molecule has 0 radical (unpaired) electrons. The molecule has 37 heavy (non-hydrogen) atoms. The third-order valence-electron chi connectivity index (χ3n) is 7.19. The first kappa shape index (κ1) is 23.4. The number of rotatable bonds is 4. The van der Waals surface area contributed by atoms with Gasteiger partial charge in [0.2, 0.25) is 0 Å². The van der Waals surface area contributed by atoms with Crippen LogP contribution in [-0.2, 0) is 0 Å². The van der Waals surface area contributed by atoms with Gasteiger partial charge in [-0.25, -0.2) is 4.98 Å². The molecule has 1 fully saturated rings. The van der Waals surface area contributed by atoms with E-state index in [1.54, 1.807) is 0 Å². The highest BCUT2D eigenvalue weighted by molar-refractivity contribution is 5.84. The SMILES string of the molecule is Cc1ccc(-n2c3c/c(=N\C4CCN(C)CC4)c(Nc4ccc(C)nc4)cc-3nc3ccccc32)cc1. The van der Waals surface area contributed by atoms with Crippen molar-refractivity contribution in [2.75, 3.05) is 25.5 Å². The minimum Gasteiger partial charge on any atom is -0.352 e. The molecule has 1 aliphatic carbocycles. The number of nitrogens with zero attached hydrogens (tertiary/aromatic N) is 5. The number of anilines is 2. The predicted molar refractivity (Wildman–Crippen MR) is 151 cm³/mol. The van der Waals surface area contributed by atoms with E-state index in [1.807, 2.05) is 25.3 Å². The fourth-order valence-corrected chi connectivity index (χ4v) is 5.04. The molecule has 3 aliphatic rings. The summed E-state index contributed by atoms with van der Waals surface area (Å²) in [5.41, 5.74) is 9.24. The zero-order valence-corrected chi connectivity index (χ0v) is 21.6. The number of pyridine rings is 1. The normalized spacial score (nSPS) is 15.5. The van der Waals surface area contributed by atoms with Crippen molar-refractivity contribution in [2.45, 2.75) is 32.7 Å². The van der Waals surface area contributed by atoms with E-state index in [9.17, 15) is 0 Å². The zero-order valence-electron chi connectivity index (χ0n) is 21.6. The van der Waals surface area contributed by atoms with Gasteiger partial charge in [-0.2, -0.15) is 0 Å². The molecule has 3 heterocycles. The van der Waals surface area contributed by atoms with E-state index in [4.69, 9.17) is 9.98 Å². The van der Waals surface area contributed by atoms with Crippen molar-refractivity contribution < 1.29 is 0 Å². The molecule has 2 aromatic carbocycles. The first-order chi connectivity index (χ1) is 18.0. The Hall–Kier alpha value is -4.03. The molecule has 0 amide bonds. The van der Waals surface area contributed by atoms with Crippen LogP contribution in [0.2, 0.25) is 0 Å². The number of aryl methyl sites for hydroxylation is 2. The number of fused-ring (bicyclic) bond motifs is 2. The molecule has 0 atom stereocenters. The van der Waals surface area contributed by atoms with Gasteiger partial charge < -0.3 is 14.8 Å². The van der Waals surface area contributed by atoms with E-state index < -0.39 is 0 Å². The number of piperidine rings is 1. The first-order valence-corrected chi connectivity index (χ1v) is 13.0. The molecule has 2 aliphatic heterocycles. The summed E-state index contributed by atoms with van der Waals surface area (Å²) >= 11 is 0.